The van der Waals surface area contributed by atoms with Crippen molar-refractivity contribution in [3.63, 3.8) is 0 Å². The van der Waals surface area contributed by atoms with E-state index in [1.165, 1.54) is 19.3 Å². The molecule has 0 aromatic rings. The lowest BCUT2D eigenvalue weighted by Gasteiger charge is -2.40. The molecule has 1 saturated carbocycles. The van der Waals surface area contributed by atoms with E-state index >= 15 is 0 Å². The van der Waals surface area contributed by atoms with Crippen molar-refractivity contribution in [3.05, 3.63) is 0 Å². The first-order valence-corrected chi connectivity index (χ1v) is 7.60. The van der Waals surface area contributed by atoms with Gasteiger partial charge in [0.05, 0.1) is 5.92 Å². The monoisotopic (exact) mass is 255 g/mol. The van der Waals surface area contributed by atoms with Gasteiger partial charge in [-0.3, -0.25) is 9.69 Å². The quantitative estimate of drug-likeness (QED) is 0.758. The van der Waals surface area contributed by atoms with E-state index in [-0.39, 0.29) is 12.0 Å². The molecule has 1 N–H and O–H groups in total. The maximum absolute atomic E-state index is 11.4. The number of carboxylic acid groups (broad SMARTS) is 1. The van der Waals surface area contributed by atoms with Crippen LogP contribution in [0.1, 0.15) is 59.3 Å². The van der Waals surface area contributed by atoms with E-state index in [9.17, 15) is 9.90 Å². The average Bonchev–Trinajstić information content (AvgIpc) is 2.39. The minimum Gasteiger partial charge on any atom is -0.481 e. The highest BCUT2D eigenvalue weighted by Gasteiger charge is 2.37. The fourth-order valence-corrected chi connectivity index (χ4v) is 3.21. The Morgan fingerprint density at radius 1 is 1.28 bits per heavy atom. The van der Waals surface area contributed by atoms with E-state index in [1.807, 2.05) is 0 Å². The second-order valence-corrected chi connectivity index (χ2v) is 5.58. The zero-order chi connectivity index (χ0) is 13.5. The Balaban J connectivity index is 2.71. The number of aliphatic carboxylic acids is 1. The zero-order valence-corrected chi connectivity index (χ0v) is 12.2. The van der Waals surface area contributed by atoms with Crippen LogP contribution in [0.4, 0.5) is 0 Å². The number of hydrogen-bond acceptors (Lipinski definition) is 2. The van der Waals surface area contributed by atoms with Crippen LogP contribution in [-0.2, 0) is 4.79 Å². The van der Waals surface area contributed by atoms with Crippen LogP contribution in [-0.4, -0.2) is 35.1 Å². The Kier molecular flexibility index (Phi) is 6.69. The van der Waals surface area contributed by atoms with E-state index in [0.29, 0.717) is 0 Å². The van der Waals surface area contributed by atoms with Crippen molar-refractivity contribution in [3.8, 4) is 0 Å². The highest BCUT2D eigenvalue weighted by atomic mass is 16.4. The van der Waals surface area contributed by atoms with Gasteiger partial charge < -0.3 is 5.11 Å². The van der Waals surface area contributed by atoms with Gasteiger partial charge in [-0.05, 0) is 44.7 Å². The summed E-state index contributed by atoms with van der Waals surface area (Å²) in [5, 5.41) is 9.41. The van der Waals surface area contributed by atoms with Crippen molar-refractivity contribution < 1.29 is 9.90 Å². The van der Waals surface area contributed by atoms with Gasteiger partial charge in [-0.1, -0.05) is 33.6 Å². The standard InChI is InChI=1S/C15H29NO2/c1-4-7-10-16(6-3)14-11-12(5-2)8-9-13(14)15(17)18/h12-14H,4-11H2,1-3H3,(H,17,18). The molecule has 0 aromatic heterocycles. The van der Waals surface area contributed by atoms with E-state index in [4.69, 9.17) is 0 Å². The summed E-state index contributed by atoms with van der Waals surface area (Å²) in [6.07, 6.45) is 6.57. The SMILES string of the molecule is CCCCN(CC)C1CC(CC)CCC1C(=O)O. The molecule has 1 aliphatic carbocycles. The molecule has 3 nitrogen and oxygen atoms in total. The molecule has 3 heteroatoms. The molecule has 3 atom stereocenters. The molecule has 0 saturated heterocycles. The second-order valence-electron chi connectivity index (χ2n) is 5.58. The Morgan fingerprint density at radius 2 is 2.00 bits per heavy atom. The van der Waals surface area contributed by atoms with Gasteiger partial charge in [0.15, 0.2) is 0 Å². The van der Waals surface area contributed by atoms with E-state index < -0.39 is 5.97 Å². The summed E-state index contributed by atoms with van der Waals surface area (Å²) in [5.74, 6) is -0.0182. The summed E-state index contributed by atoms with van der Waals surface area (Å²) in [6.45, 7) is 8.61. The van der Waals surface area contributed by atoms with E-state index in [0.717, 1.165) is 38.3 Å². The number of unbranched alkanes of at least 4 members (excludes halogenated alkanes) is 1. The largest absolute Gasteiger partial charge is 0.481 e. The Labute approximate surface area is 112 Å². The molecule has 0 aliphatic heterocycles. The van der Waals surface area contributed by atoms with Gasteiger partial charge in [-0.2, -0.15) is 0 Å². The normalized spacial score (nSPS) is 28.6. The lowest BCUT2D eigenvalue weighted by atomic mass is 9.76. The first kappa shape index (κ1) is 15.5. The van der Waals surface area contributed by atoms with Crippen molar-refractivity contribution in [2.24, 2.45) is 11.8 Å². The van der Waals surface area contributed by atoms with Crippen molar-refractivity contribution in [1.29, 1.82) is 0 Å². The summed E-state index contributed by atoms with van der Waals surface area (Å²) < 4.78 is 0. The van der Waals surface area contributed by atoms with Gasteiger partial charge >= 0.3 is 5.97 Å². The summed E-state index contributed by atoms with van der Waals surface area (Å²) >= 11 is 0. The van der Waals surface area contributed by atoms with E-state index in [1.54, 1.807) is 0 Å². The number of hydrogen-bond donors (Lipinski definition) is 1. The van der Waals surface area contributed by atoms with Gasteiger partial charge in [0.25, 0.3) is 0 Å². The third-order valence-corrected chi connectivity index (χ3v) is 4.49. The molecule has 3 unspecified atom stereocenters. The van der Waals surface area contributed by atoms with Gasteiger partial charge in [-0.25, -0.2) is 0 Å². The lowest BCUT2D eigenvalue weighted by Crippen LogP contribution is -2.47. The molecule has 0 bridgehead atoms. The summed E-state index contributed by atoms with van der Waals surface area (Å²) in [5.41, 5.74) is 0. The predicted octanol–water partition coefficient (Wildman–Crippen LogP) is 3.39. The molecule has 0 amide bonds. The minimum absolute atomic E-state index is 0.149. The van der Waals surface area contributed by atoms with Crippen molar-refractivity contribution in [1.82, 2.24) is 4.90 Å². The molecular weight excluding hydrogens is 226 g/mol. The predicted molar refractivity (Wildman–Crippen MR) is 74.7 cm³/mol. The third kappa shape index (κ3) is 3.98. The maximum Gasteiger partial charge on any atom is 0.308 e. The maximum atomic E-state index is 11.4. The number of nitrogens with zero attached hydrogens (tertiary/aromatic N) is 1. The fourth-order valence-electron chi connectivity index (χ4n) is 3.21. The number of carboxylic acids is 1. The van der Waals surface area contributed by atoms with Crippen molar-refractivity contribution in [2.75, 3.05) is 13.1 Å². The number of rotatable bonds is 7. The molecule has 1 fully saturated rings. The zero-order valence-electron chi connectivity index (χ0n) is 12.2. The van der Waals surface area contributed by atoms with Crippen molar-refractivity contribution >= 4 is 5.97 Å². The third-order valence-electron chi connectivity index (χ3n) is 4.49. The smallest absolute Gasteiger partial charge is 0.308 e. The van der Waals surface area contributed by atoms with Gasteiger partial charge in [-0.15, -0.1) is 0 Å². The van der Waals surface area contributed by atoms with Crippen LogP contribution in [0.3, 0.4) is 0 Å². The first-order valence-electron chi connectivity index (χ1n) is 7.60. The Morgan fingerprint density at radius 3 is 2.50 bits per heavy atom. The van der Waals surface area contributed by atoms with E-state index in [2.05, 4.69) is 25.7 Å². The summed E-state index contributed by atoms with van der Waals surface area (Å²) in [7, 11) is 0. The highest BCUT2D eigenvalue weighted by Crippen LogP contribution is 2.34. The van der Waals surface area contributed by atoms with Gasteiger partial charge in [0.1, 0.15) is 0 Å². The Bertz CT molecular complexity index is 255. The molecule has 1 aliphatic rings. The molecule has 0 spiro atoms. The van der Waals surface area contributed by atoms with Crippen LogP contribution in [0.5, 0.6) is 0 Å². The Hall–Kier alpha value is -0.570. The molecule has 106 valence electrons. The number of carbonyl (C=O) groups is 1. The molecular formula is C15H29NO2. The van der Waals surface area contributed by atoms with Crippen LogP contribution >= 0.6 is 0 Å². The topological polar surface area (TPSA) is 40.5 Å². The first-order chi connectivity index (χ1) is 8.63. The molecule has 1 rings (SSSR count). The van der Waals surface area contributed by atoms with Gasteiger partial charge in [0, 0.05) is 6.04 Å². The van der Waals surface area contributed by atoms with Crippen LogP contribution < -0.4 is 0 Å². The van der Waals surface area contributed by atoms with Crippen LogP contribution in [0.25, 0.3) is 0 Å². The van der Waals surface area contributed by atoms with Gasteiger partial charge in [0.2, 0.25) is 0 Å². The van der Waals surface area contributed by atoms with Crippen molar-refractivity contribution in [2.45, 2.75) is 65.3 Å². The average molecular weight is 255 g/mol. The molecule has 18 heavy (non-hydrogen) atoms. The summed E-state index contributed by atoms with van der Waals surface area (Å²) in [4.78, 5) is 13.8. The second kappa shape index (κ2) is 7.78. The fraction of sp³-hybridized carbons (Fsp3) is 0.933. The summed E-state index contributed by atoms with van der Waals surface area (Å²) in [6, 6.07) is 0.262. The van der Waals surface area contributed by atoms with Crippen LogP contribution in [0.15, 0.2) is 0 Å². The minimum atomic E-state index is -0.593. The molecule has 0 heterocycles. The lowest BCUT2D eigenvalue weighted by molar-refractivity contribution is -0.146. The highest BCUT2D eigenvalue weighted by molar-refractivity contribution is 5.71. The molecule has 0 aromatic carbocycles. The van der Waals surface area contributed by atoms with Crippen LogP contribution in [0, 0.1) is 11.8 Å². The van der Waals surface area contributed by atoms with Crippen LogP contribution in [0.2, 0.25) is 0 Å². The molecule has 0 radical (unpaired) electrons.